The predicted octanol–water partition coefficient (Wildman–Crippen LogP) is 3.30. The number of halogens is 1. The summed E-state index contributed by atoms with van der Waals surface area (Å²) in [5.41, 5.74) is 2.70. The smallest absolute Gasteiger partial charge is 0.319 e. The van der Waals surface area contributed by atoms with Crippen molar-refractivity contribution in [3.63, 3.8) is 0 Å². The Morgan fingerprint density at radius 2 is 2.00 bits per heavy atom. The molecule has 5 nitrogen and oxygen atoms in total. The van der Waals surface area contributed by atoms with Gasteiger partial charge in [-0.25, -0.2) is 9.18 Å². The number of nitrogens with zero attached hydrogens (tertiary/aromatic N) is 1. The Bertz CT molecular complexity index is 792. The summed E-state index contributed by atoms with van der Waals surface area (Å²) in [6, 6.07) is 13.4. The zero-order valence-electron chi connectivity index (χ0n) is 14.7. The van der Waals surface area contributed by atoms with Crippen LogP contribution in [-0.4, -0.2) is 29.9 Å². The molecule has 0 bridgehead atoms. The highest BCUT2D eigenvalue weighted by atomic mass is 19.1. The van der Waals surface area contributed by atoms with E-state index in [1.54, 1.807) is 17.0 Å². The minimum Gasteiger partial charge on any atom is -0.338 e. The fourth-order valence-corrected chi connectivity index (χ4v) is 3.09. The van der Waals surface area contributed by atoms with Crippen LogP contribution in [0.15, 0.2) is 48.5 Å². The van der Waals surface area contributed by atoms with Crippen LogP contribution in [0.2, 0.25) is 0 Å². The lowest BCUT2D eigenvalue weighted by atomic mass is 10.1. The van der Waals surface area contributed by atoms with Gasteiger partial charge in [-0.2, -0.15) is 0 Å². The largest absolute Gasteiger partial charge is 0.338 e. The highest BCUT2D eigenvalue weighted by molar-refractivity contribution is 5.89. The van der Waals surface area contributed by atoms with E-state index in [4.69, 9.17) is 0 Å². The molecule has 1 heterocycles. The zero-order chi connectivity index (χ0) is 18.5. The Kier molecular flexibility index (Phi) is 5.51. The van der Waals surface area contributed by atoms with Crippen molar-refractivity contribution in [3.8, 4) is 0 Å². The fraction of sp³-hybridized carbons (Fsp3) is 0.300. The number of rotatable bonds is 5. The molecule has 0 radical (unpaired) electrons. The summed E-state index contributed by atoms with van der Waals surface area (Å²) >= 11 is 0. The molecule has 3 rings (SSSR count). The molecule has 1 saturated heterocycles. The first-order valence-electron chi connectivity index (χ1n) is 8.63. The molecule has 2 N–H and O–H groups in total. The highest BCUT2D eigenvalue weighted by Gasteiger charge is 2.29. The van der Waals surface area contributed by atoms with Gasteiger partial charge in [-0.3, -0.25) is 4.79 Å². The second kappa shape index (κ2) is 7.99. The lowest BCUT2D eigenvalue weighted by Crippen LogP contribution is -2.34. The van der Waals surface area contributed by atoms with E-state index >= 15 is 0 Å². The molecule has 0 spiro atoms. The van der Waals surface area contributed by atoms with Crippen molar-refractivity contribution in [1.29, 1.82) is 0 Å². The number of urea groups is 1. The van der Waals surface area contributed by atoms with Gasteiger partial charge in [0.05, 0.1) is 0 Å². The van der Waals surface area contributed by atoms with Crippen molar-refractivity contribution in [3.05, 3.63) is 65.5 Å². The summed E-state index contributed by atoms with van der Waals surface area (Å²) in [5, 5.41) is 5.62. The van der Waals surface area contributed by atoms with Gasteiger partial charge >= 0.3 is 6.03 Å². The first kappa shape index (κ1) is 17.9. The Balaban J connectivity index is 1.46. The third-order valence-corrected chi connectivity index (χ3v) is 4.41. The van der Waals surface area contributed by atoms with Gasteiger partial charge in [0.2, 0.25) is 5.91 Å². The molecule has 136 valence electrons. The van der Waals surface area contributed by atoms with Gasteiger partial charge in [-0.05, 0) is 42.3 Å². The molecule has 1 aliphatic heterocycles. The van der Waals surface area contributed by atoms with Gasteiger partial charge in [0, 0.05) is 37.7 Å². The third-order valence-electron chi connectivity index (χ3n) is 4.41. The van der Waals surface area contributed by atoms with Crippen LogP contribution < -0.4 is 10.6 Å². The van der Waals surface area contributed by atoms with E-state index in [1.165, 1.54) is 12.1 Å². The molecule has 6 heteroatoms. The van der Waals surface area contributed by atoms with Gasteiger partial charge < -0.3 is 15.5 Å². The van der Waals surface area contributed by atoms with E-state index in [1.807, 2.05) is 31.2 Å². The quantitative estimate of drug-likeness (QED) is 0.864. The molecule has 2 aromatic rings. The molecular weight excluding hydrogens is 333 g/mol. The lowest BCUT2D eigenvalue weighted by Gasteiger charge is -2.17. The summed E-state index contributed by atoms with van der Waals surface area (Å²) in [6.07, 6.45) is 0.409. The van der Waals surface area contributed by atoms with Crippen LogP contribution in [0, 0.1) is 18.7 Å². The number of aryl methyl sites for hydroxylation is 1. The van der Waals surface area contributed by atoms with Crippen LogP contribution in [0.25, 0.3) is 0 Å². The highest BCUT2D eigenvalue weighted by Crippen LogP contribution is 2.20. The molecular formula is C20H22FN3O2. The van der Waals surface area contributed by atoms with E-state index in [9.17, 15) is 14.0 Å². The number of amides is 3. The minimum atomic E-state index is -0.289. The standard InChI is InChI=1S/C20H22FN3O2/c1-14-3-2-4-18(9-14)23-20(26)22-11-16-10-19(25)24(13-16)12-15-5-7-17(21)8-6-15/h2-9,16H,10-13H2,1H3,(H2,22,23,26)/t16-/m1/s1. The minimum absolute atomic E-state index is 0.0558. The summed E-state index contributed by atoms with van der Waals surface area (Å²) in [7, 11) is 0. The predicted molar refractivity (Wildman–Crippen MR) is 98.1 cm³/mol. The molecule has 0 aliphatic carbocycles. The van der Waals surface area contributed by atoms with Crippen molar-refractivity contribution in [1.82, 2.24) is 10.2 Å². The monoisotopic (exact) mass is 355 g/mol. The SMILES string of the molecule is Cc1cccc(NC(=O)NC[C@H]2CC(=O)N(Cc3ccc(F)cc3)C2)c1. The van der Waals surface area contributed by atoms with Gasteiger partial charge in [0.15, 0.2) is 0 Å². The van der Waals surface area contributed by atoms with E-state index in [2.05, 4.69) is 10.6 Å². The summed E-state index contributed by atoms with van der Waals surface area (Å²) in [4.78, 5) is 25.9. The maximum absolute atomic E-state index is 13.0. The van der Waals surface area contributed by atoms with Crippen LogP contribution in [0.4, 0.5) is 14.9 Å². The number of anilines is 1. The number of carbonyl (C=O) groups is 2. The van der Waals surface area contributed by atoms with Gasteiger partial charge in [0.25, 0.3) is 0 Å². The zero-order valence-corrected chi connectivity index (χ0v) is 14.7. The molecule has 0 unspecified atom stereocenters. The van der Waals surface area contributed by atoms with E-state index in [0.717, 1.165) is 16.8 Å². The number of benzene rings is 2. The molecule has 0 aromatic heterocycles. The first-order chi connectivity index (χ1) is 12.5. The van der Waals surface area contributed by atoms with Gasteiger partial charge in [0.1, 0.15) is 5.82 Å². The Labute approximate surface area is 152 Å². The summed E-state index contributed by atoms with van der Waals surface area (Å²) in [5.74, 6) is -0.158. The van der Waals surface area contributed by atoms with Crippen molar-refractivity contribution in [2.45, 2.75) is 19.9 Å². The Hall–Kier alpha value is -2.89. The molecule has 3 amide bonds. The van der Waals surface area contributed by atoms with Crippen LogP contribution in [0.3, 0.4) is 0 Å². The van der Waals surface area contributed by atoms with Crippen molar-refractivity contribution >= 4 is 17.6 Å². The molecule has 26 heavy (non-hydrogen) atoms. The van der Waals surface area contributed by atoms with Crippen molar-refractivity contribution in [2.75, 3.05) is 18.4 Å². The summed E-state index contributed by atoms with van der Waals surface area (Å²) in [6.45, 7) is 3.44. The van der Waals surface area contributed by atoms with E-state index < -0.39 is 0 Å². The maximum atomic E-state index is 13.0. The number of hydrogen-bond acceptors (Lipinski definition) is 2. The number of carbonyl (C=O) groups excluding carboxylic acids is 2. The van der Waals surface area contributed by atoms with E-state index in [0.29, 0.717) is 26.1 Å². The topological polar surface area (TPSA) is 61.4 Å². The van der Waals surface area contributed by atoms with Crippen molar-refractivity contribution in [2.24, 2.45) is 5.92 Å². The molecule has 1 atom stereocenters. The number of hydrogen-bond donors (Lipinski definition) is 2. The number of nitrogens with one attached hydrogen (secondary N) is 2. The van der Waals surface area contributed by atoms with Crippen molar-refractivity contribution < 1.29 is 14.0 Å². The van der Waals surface area contributed by atoms with Crippen LogP contribution >= 0.6 is 0 Å². The average molecular weight is 355 g/mol. The number of likely N-dealkylation sites (tertiary alicyclic amines) is 1. The second-order valence-electron chi connectivity index (χ2n) is 6.68. The molecule has 1 aliphatic rings. The fourth-order valence-electron chi connectivity index (χ4n) is 3.09. The molecule has 2 aromatic carbocycles. The molecule has 0 saturated carbocycles. The van der Waals surface area contributed by atoms with Gasteiger partial charge in [-0.1, -0.05) is 24.3 Å². The second-order valence-corrected chi connectivity index (χ2v) is 6.68. The normalized spacial score (nSPS) is 16.6. The Morgan fingerprint density at radius 3 is 2.73 bits per heavy atom. The van der Waals surface area contributed by atoms with Crippen LogP contribution in [0.5, 0.6) is 0 Å². The van der Waals surface area contributed by atoms with Crippen LogP contribution in [-0.2, 0) is 11.3 Å². The maximum Gasteiger partial charge on any atom is 0.319 e. The lowest BCUT2D eigenvalue weighted by molar-refractivity contribution is -0.128. The van der Waals surface area contributed by atoms with Crippen LogP contribution in [0.1, 0.15) is 17.5 Å². The third kappa shape index (κ3) is 4.81. The Morgan fingerprint density at radius 1 is 1.23 bits per heavy atom. The van der Waals surface area contributed by atoms with E-state index in [-0.39, 0.29) is 23.7 Å². The summed E-state index contributed by atoms with van der Waals surface area (Å²) < 4.78 is 13.0. The first-order valence-corrected chi connectivity index (χ1v) is 8.63. The average Bonchev–Trinajstić information content (AvgIpc) is 2.95. The van der Waals surface area contributed by atoms with Gasteiger partial charge in [-0.15, -0.1) is 0 Å². The molecule has 1 fully saturated rings.